The van der Waals surface area contributed by atoms with Crippen molar-refractivity contribution in [2.45, 2.75) is 41.5 Å². The van der Waals surface area contributed by atoms with Gasteiger partial charge in [-0.15, -0.1) is 0 Å². The maximum absolute atomic E-state index is 2.33. The van der Waals surface area contributed by atoms with Crippen LogP contribution in [0.25, 0.3) is 0 Å². The van der Waals surface area contributed by atoms with Gasteiger partial charge in [0, 0.05) is 45.0 Å². The summed E-state index contributed by atoms with van der Waals surface area (Å²) in [6.07, 6.45) is 22.3. The van der Waals surface area contributed by atoms with Crippen molar-refractivity contribution < 1.29 is 0 Å². The minimum Gasteiger partial charge on any atom is -0.311 e. The molecule has 3 aromatic rings. The van der Waals surface area contributed by atoms with Gasteiger partial charge in [-0.2, -0.15) is 0 Å². The third kappa shape index (κ3) is 6.29. The van der Waals surface area contributed by atoms with Crippen LogP contribution < -0.4 is 9.80 Å². The zero-order chi connectivity index (χ0) is 28.3. The molecule has 5 rings (SSSR count). The smallest absolute Gasteiger partial charge is 0.0463 e. The summed E-state index contributed by atoms with van der Waals surface area (Å²) in [6.45, 7) is 13.2. The van der Waals surface area contributed by atoms with E-state index in [9.17, 15) is 0 Å². The van der Waals surface area contributed by atoms with Crippen LogP contribution >= 0.6 is 0 Å². The number of aryl methyl sites for hydroxylation is 2. The Kier molecular flexibility index (Phi) is 7.54. The maximum Gasteiger partial charge on any atom is 0.0463 e. The Hall–Kier alpha value is -4.30. The molecule has 202 valence electrons. The molecule has 0 aromatic heterocycles. The second-order valence-corrected chi connectivity index (χ2v) is 12.1. The predicted octanol–water partition coefficient (Wildman–Crippen LogP) is 10.7. The van der Waals surface area contributed by atoms with Crippen molar-refractivity contribution in [3.05, 3.63) is 156 Å². The molecule has 0 unspecified atom stereocenters. The van der Waals surface area contributed by atoms with E-state index in [0.717, 1.165) is 34.1 Å². The molecule has 3 aromatic carbocycles. The summed E-state index contributed by atoms with van der Waals surface area (Å²) in [5, 5.41) is 0. The summed E-state index contributed by atoms with van der Waals surface area (Å²) >= 11 is 0. The van der Waals surface area contributed by atoms with Crippen molar-refractivity contribution in [3.63, 3.8) is 0 Å². The maximum atomic E-state index is 2.33. The molecule has 0 bridgehead atoms. The van der Waals surface area contributed by atoms with E-state index in [1.54, 1.807) is 0 Å². The van der Waals surface area contributed by atoms with Crippen LogP contribution in [0.3, 0.4) is 0 Å². The first-order chi connectivity index (χ1) is 19.1. The van der Waals surface area contributed by atoms with Crippen molar-refractivity contribution in [2.24, 2.45) is 10.8 Å². The first kappa shape index (κ1) is 27.3. The number of hydrogen-bond acceptors (Lipinski definition) is 2. The van der Waals surface area contributed by atoms with Crippen molar-refractivity contribution >= 4 is 22.7 Å². The highest BCUT2D eigenvalue weighted by Crippen LogP contribution is 2.37. The molecule has 2 aliphatic carbocycles. The zero-order valence-corrected chi connectivity index (χ0v) is 24.6. The van der Waals surface area contributed by atoms with E-state index in [0.29, 0.717) is 0 Å². The van der Waals surface area contributed by atoms with E-state index in [1.165, 1.54) is 11.1 Å². The Morgan fingerprint density at radius 1 is 0.425 bits per heavy atom. The van der Waals surface area contributed by atoms with Crippen molar-refractivity contribution in [3.8, 4) is 0 Å². The highest BCUT2D eigenvalue weighted by atomic mass is 15.2. The molecule has 0 spiro atoms. The molecule has 0 saturated carbocycles. The molecular weight excluding hydrogens is 484 g/mol. The lowest BCUT2D eigenvalue weighted by atomic mass is 9.93. The summed E-state index contributed by atoms with van der Waals surface area (Å²) in [5.74, 6) is 0. The Morgan fingerprint density at radius 2 is 0.725 bits per heavy atom. The van der Waals surface area contributed by atoms with Crippen LogP contribution in [-0.2, 0) is 0 Å². The summed E-state index contributed by atoms with van der Waals surface area (Å²) in [6, 6.07) is 26.4. The lowest BCUT2D eigenvalue weighted by Crippen LogP contribution is -2.17. The summed E-state index contributed by atoms with van der Waals surface area (Å²) in [5.41, 5.74) is 9.31. The monoisotopic (exact) mass is 524 g/mol. The second kappa shape index (κ2) is 11.1. The SMILES string of the molecule is Cc1ccc(N(C2=CC=CC(C)(C)C=C2)c2ccc(N(C3=CC=CC(C)(C)C=C3)c3ccc(C)cc3)cc2)cc1. The minimum atomic E-state index is 0.0125. The topological polar surface area (TPSA) is 6.48 Å². The Morgan fingerprint density at radius 3 is 1.05 bits per heavy atom. The van der Waals surface area contributed by atoms with Crippen LogP contribution in [0, 0.1) is 24.7 Å². The van der Waals surface area contributed by atoms with Gasteiger partial charge in [-0.3, -0.25) is 0 Å². The molecule has 0 aliphatic heterocycles. The first-order valence-electron chi connectivity index (χ1n) is 14.1. The molecule has 0 radical (unpaired) electrons. The van der Waals surface area contributed by atoms with E-state index in [2.05, 4.69) is 185 Å². The summed E-state index contributed by atoms with van der Waals surface area (Å²) < 4.78 is 0. The number of benzene rings is 3. The zero-order valence-electron chi connectivity index (χ0n) is 24.6. The van der Waals surface area contributed by atoms with E-state index in [1.807, 2.05) is 0 Å². The summed E-state index contributed by atoms with van der Waals surface area (Å²) in [7, 11) is 0. The van der Waals surface area contributed by atoms with E-state index in [4.69, 9.17) is 0 Å². The van der Waals surface area contributed by atoms with E-state index >= 15 is 0 Å². The van der Waals surface area contributed by atoms with Crippen molar-refractivity contribution in [1.29, 1.82) is 0 Å². The first-order valence-corrected chi connectivity index (χ1v) is 14.1. The second-order valence-electron chi connectivity index (χ2n) is 12.1. The third-order valence-electron chi connectivity index (χ3n) is 7.42. The van der Waals surface area contributed by atoms with Gasteiger partial charge in [0.15, 0.2) is 0 Å². The lowest BCUT2D eigenvalue weighted by Gasteiger charge is -2.29. The Bertz CT molecular complexity index is 1400. The van der Waals surface area contributed by atoms with Crippen molar-refractivity contribution in [2.75, 3.05) is 9.80 Å². The molecule has 40 heavy (non-hydrogen) atoms. The van der Waals surface area contributed by atoms with Gasteiger partial charge in [-0.1, -0.05) is 99.5 Å². The Labute approximate surface area is 240 Å². The molecule has 0 saturated heterocycles. The predicted molar refractivity (Wildman–Crippen MR) is 173 cm³/mol. The molecule has 0 fully saturated rings. The van der Waals surface area contributed by atoms with Crippen LogP contribution in [0.5, 0.6) is 0 Å². The quantitative estimate of drug-likeness (QED) is 0.316. The minimum absolute atomic E-state index is 0.0125. The summed E-state index contributed by atoms with van der Waals surface area (Å²) in [4.78, 5) is 4.66. The number of allylic oxidation sites excluding steroid dienone is 10. The largest absolute Gasteiger partial charge is 0.311 e. The van der Waals surface area contributed by atoms with Crippen LogP contribution in [0.2, 0.25) is 0 Å². The van der Waals surface area contributed by atoms with Crippen LogP contribution in [-0.4, -0.2) is 0 Å². The van der Waals surface area contributed by atoms with Crippen molar-refractivity contribution in [1.82, 2.24) is 0 Å². The Balaban J connectivity index is 1.57. The van der Waals surface area contributed by atoms with Gasteiger partial charge < -0.3 is 9.80 Å². The van der Waals surface area contributed by atoms with Gasteiger partial charge in [-0.05, 0) is 86.7 Å². The van der Waals surface area contributed by atoms with Crippen LogP contribution in [0.1, 0.15) is 38.8 Å². The fourth-order valence-corrected chi connectivity index (χ4v) is 4.94. The number of nitrogens with zero attached hydrogens (tertiary/aromatic N) is 2. The molecule has 0 heterocycles. The third-order valence-corrected chi connectivity index (χ3v) is 7.42. The molecule has 0 atom stereocenters. The van der Waals surface area contributed by atoms with E-state index in [-0.39, 0.29) is 10.8 Å². The molecule has 2 nitrogen and oxygen atoms in total. The molecule has 0 amide bonds. The average molecular weight is 525 g/mol. The number of rotatable bonds is 6. The number of hydrogen-bond donors (Lipinski definition) is 0. The van der Waals surface area contributed by atoms with Crippen LogP contribution in [0.4, 0.5) is 22.7 Å². The van der Waals surface area contributed by atoms with E-state index < -0.39 is 0 Å². The van der Waals surface area contributed by atoms with Gasteiger partial charge in [0.2, 0.25) is 0 Å². The standard InChI is InChI=1S/C38H40N2/c1-29-11-15-33(16-12-29)39(31-9-7-25-37(3,4)27-23-31)35-19-21-36(22-20-35)40(34-17-13-30(2)14-18-34)32-10-8-26-38(5,6)28-24-32/h7-28H,1-6H3. The van der Waals surface area contributed by atoms with Gasteiger partial charge in [0.25, 0.3) is 0 Å². The fourth-order valence-electron chi connectivity index (χ4n) is 4.94. The highest BCUT2D eigenvalue weighted by molar-refractivity contribution is 5.76. The van der Waals surface area contributed by atoms with Gasteiger partial charge >= 0.3 is 0 Å². The fraction of sp³-hybridized carbons (Fsp3) is 0.211. The molecule has 0 N–H and O–H groups in total. The molecule has 2 aliphatic rings. The average Bonchev–Trinajstić information content (AvgIpc) is 3.21. The molecular formula is C38H40N2. The molecule has 2 heteroatoms. The van der Waals surface area contributed by atoms with Gasteiger partial charge in [0.1, 0.15) is 0 Å². The van der Waals surface area contributed by atoms with Crippen LogP contribution in [0.15, 0.2) is 145 Å². The highest BCUT2D eigenvalue weighted by Gasteiger charge is 2.20. The van der Waals surface area contributed by atoms with Gasteiger partial charge in [0.05, 0.1) is 0 Å². The number of anilines is 4. The van der Waals surface area contributed by atoms with Gasteiger partial charge in [-0.25, -0.2) is 0 Å². The normalized spacial score (nSPS) is 17.1. The lowest BCUT2D eigenvalue weighted by molar-refractivity contribution is 0.626.